The monoisotopic (exact) mass is 371 g/mol. The first-order valence-electron chi connectivity index (χ1n) is 6.89. The number of amides is 1. The molecule has 1 amide bonds. The maximum Gasteiger partial charge on any atom is 0.327 e. The highest BCUT2D eigenvalue weighted by Crippen LogP contribution is 2.34. The predicted molar refractivity (Wildman–Crippen MR) is 87.6 cm³/mol. The highest BCUT2D eigenvalue weighted by atomic mass is 79.9. The van der Waals surface area contributed by atoms with Gasteiger partial charge in [0.1, 0.15) is 6.04 Å². The molecule has 0 radical (unpaired) electrons. The van der Waals surface area contributed by atoms with Crippen LogP contribution in [0.4, 0.5) is 0 Å². The maximum absolute atomic E-state index is 12.8. The summed E-state index contributed by atoms with van der Waals surface area (Å²) in [7, 11) is 0. The fraction of sp³-hybridized carbons (Fsp3) is 0.467. The van der Waals surface area contributed by atoms with Crippen molar-refractivity contribution in [2.75, 3.05) is 5.75 Å². The third-order valence-electron chi connectivity index (χ3n) is 3.58. The minimum Gasteiger partial charge on any atom is -0.480 e. The number of carbonyl (C=O) groups excluding carboxylic acids is 1. The summed E-state index contributed by atoms with van der Waals surface area (Å²) < 4.78 is 0.821. The molecule has 2 rings (SSSR count). The molecule has 1 aliphatic rings. The molecule has 1 N–H and O–H groups in total. The van der Waals surface area contributed by atoms with E-state index < -0.39 is 12.0 Å². The lowest BCUT2D eigenvalue weighted by atomic mass is 10.1. The van der Waals surface area contributed by atoms with Crippen LogP contribution in [0.2, 0.25) is 0 Å². The van der Waals surface area contributed by atoms with E-state index in [0.717, 1.165) is 22.9 Å². The number of rotatable bonds is 4. The molecule has 1 aliphatic heterocycles. The van der Waals surface area contributed by atoms with E-state index in [1.807, 2.05) is 26.0 Å². The van der Waals surface area contributed by atoms with E-state index in [4.69, 9.17) is 0 Å². The van der Waals surface area contributed by atoms with Crippen molar-refractivity contribution in [2.45, 2.75) is 38.1 Å². The molecule has 0 aromatic heterocycles. The third kappa shape index (κ3) is 3.43. The minimum absolute atomic E-state index is 0.0537. The van der Waals surface area contributed by atoms with Crippen molar-refractivity contribution in [3.63, 3.8) is 0 Å². The summed E-state index contributed by atoms with van der Waals surface area (Å²) in [6.45, 7) is 3.91. The first kappa shape index (κ1) is 16.4. The Morgan fingerprint density at radius 3 is 2.81 bits per heavy atom. The van der Waals surface area contributed by atoms with Crippen LogP contribution in [0.5, 0.6) is 0 Å². The summed E-state index contributed by atoms with van der Waals surface area (Å²) in [6.07, 6.45) is 1.73. The summed E-state index contributed by atoms with van der Waals surface area (Å²) in [5.41, 5.74) is 1.43. The van der Waals surface area contributed by atoms with E-state index in [2.05, 4.69) is 15.9 Å². The van der Waals surface area contributed by atoms with Crippen molar-refractivity contribution < 1.29 is 14.7 Å². The Morgan fingerprint density at radius 1 is 1.48 bits per heavy atom. The van der Waals surface area contributed by atoms with Crippen molar-refractivity contribution in [3.8, 4) is 0 Å². The Morgan fingerprint density at radius 2 is 2.19 bits per heavy atom. The van der Waals surface area contributed by atoms with Gasteiger partial charge >= 0.3 is 5.97 Å². The van der Waals surface area contributed by atoms with Gasteiger partial charge in [-0.2, -0.15) is 0 Å². The van der Waals surface area contributed by atoms with Gasteiger partial charge in [-0.1, -0.05) is 35.3 Å². The topological polar surface area (TPSA) is 57.6 Å². The number of hydrogen-bond acceptors (Lipinski definition) is 3. The number of carbonyl (C=O) groups is 2. The number of thioether (sulfide) groups is 1. The standard InChI is InChI=1S/C15H18BrNO3S/c1-3-4-13-17(12(8-21-13)15(19)20)14(18)11-7-10(16)6-5-9(11)2/h5-7,12-13H,3-4,8H2,1-2H3,(H,19,20). The van der Waals surface area contributed by atoms with Crippen LogP contribution < -0.4 is 0 Å². The first-order valence-corrected chi connectivity index (χ1v) is 8.73. The second-order valence-corrected chi connectivity index (χ2v) is 7.23. The van der Waals surface area contributed by atoms with Gasteiger partial charge in [-0.05, 0) is 31.0 Å². The van der Waals surface area contributed by atoms with Crippen molar-refractivity contribution in [2.24, 2.45) is 0 Å². The molecular formula is C15H18BrNO3S. The van der Waals surface area contributed by atoms with Crippen LogP contribution in [-0.4, -0.2) is 39.1 Å². The maximum atomic E-state index is 12.8. The summed E-state index contributed by atoms with van der Waals surface area (Å²) >= 11 is 4.93. The van der Waals surface area contributed by atoms with Crippen LogP contribution in [0, 0.1) is 6.92 Å². The molecule has 0 saturated carbocycles. The van der Waals surface area contributed by atoms with Crippen molar-refractivity contribution in [1.29, 1.82) is 0 Å². The van der Waals surface area contributed by atoms with Gasteiger partial charge in [0.2, 0.25) is 0 Å². The predicted octanol–water partition coefficient (Wildman–Crippen LogP) is 3.53. The summed E-state index contributed by atoms with van der Waals surface area (Å²) in [4.78, 5) is 25.8. The van der Waals surface area contributed by atoms with Crippen molar-refractivity contribution >= 4 is 39.6 Å². The van der Waals surface area contributed by atoms with Gasteiger partial charge in [0.05, 0.1) is 5.37 Å². The van der Waals surface area contributed by atoms with E-state index >= 15 is 0 Å². The van der Waals surface area contributed by atoms with Crippen LogP contribution >= 0.6 is 27.7 Å². The minimum atomic E-state index is -0.929. The van der Waals surface area contributed by atoms with Crippen LogP contribution in [-0.2, 0) is 4.79 Å². The lowest BCUT2D eigenvalue weighted by molar-refractivity contribution is -0.141. The molecule has 2 unspecified atom stereocenters. The molecule has 1 fully saturated rings. The number of nitrogens with zero attached hydrogens (tertiary/aromatic N) is 1. The summed E-state index contributed by atoms with van der Waals surface area (Å²) in [6, 6.07) is 4.77. The second kappa shape index (κ2) is 6.83. The number of carboxylic acids is 1. The van der Waals surface area contributed by atoms with Crippen molar-refractivity contribution in [1.82, 2.24) is 4.90 Å². The van der Waals surface area contributed by atoms with Gasteiger partial charge in [-0.25, -0.2) is 4.79 Å². The van der Waals surface area contributed by atoms with Crippen LogP contribution in [0.15, 0.2) is 22.7 Å². The zero-order valence-corrected chi connectivity index (χ0v) is 14.4. The quantitative estimate of drug-likeness (QED) is 0.879. The third-order valence-corrected chi connectivity index (χ3v) is 5.43. The Labute approximate surface area is 137 Å². The van der Waals surface area contributed by atoms with Gasteiger partial charge in [-0.15, -0.1) is 11.8 Å². The van der Waals surface area contributed by atoms with E-state index in [1.54, 1.807) is 22.7 Å². The molecule has 1 heterocycles. The molecule has 1 aromatic carbocycles. The molecule has 2 atom stereocenters. The number of hydrogen-bond donors (Lipinski definition) is 1. The Hall–Kier alpha value is -1.01. The normalized spacial score (nSPS) is 21.6. The first-order chi connectivity index (χ1) is 9.95. The molecular weight excluding hydrogens is 354 g/mol. The number of benzene rings is 1. The fourth-order valence-corrected chi connectivity index (χ4v) is 4.33. The Balaban J connectivity index is 2.36. The molecule has 1 saturated heterocycles. The van der Waals surface area contributed by atoms with Gasteiger partial charge in [0, 0.05) is 15.8 Å². The van der Waals surface area contributed by atoms with Crippen molar-refractivity contribution in [3.05, 3.63) is 33.8 Å². The zero-order chi connectivity index (χ0) is 15.6. The fourth-order valence-electron chi connectivity index (χ4n) is 2.46. The second-order valence-electron chi connectivity index (χ2n) is 5.10. The molecule has 0 spiro atoms. The molecule has 114 valence electrons. The molecule has 0 aliphatic carbocycles. The zero-order valence-electron chi connectivity index (χ0n) is 12.0. The van der Waals surface area contributed by atoms with Gasteiger partial charge in [-0.3, -0.25) is 4.79 Å². The SMILES string of the molecule is CCCC1SCC(C(=O)O)N1C(=O)c1cc(Br)ccc1C. The molecule has 4 nitrogen and oxygen atoms in total. The van der Waals surface area contributed by atoms with Gasteiger partial charge < -0.3 is 10.0 Å². The number of aryl methyl sites for hydroxylation is 1. The average Bonchev–Trinajstić information content (AvgIpc) is 2.85. The highest BCUT2D eigenvalue weighted by Gasteiger charge is 2.41. The number of halogens is 1. The average molecular weight is 372 g/mol. The molecule has 0 bridgehead atoms. The van der Waals surface area contributed by atoms with E-state index in [1.165, 1.54) is 0 Å². The van der Waals surface area contributed by atoms with Gasteiger partial charge in [0.15, 0.2) is 0 Å². The highest BCUT2D eigenvalue weighted by molar-refractivity contribution is 9.10. The molecule has 21 heavy (non-hydrogen) atoms. The Kier molecular flexibility index (Phi) is 5.32. The van der Waals surface area contributed by atoms with E-state index in [-0.39, 0.29) is 11.3 Å². The van der Waals surface area contributed by atoms with Crippen LogP contribution in [0.25, 0.3) is 0 Å². The lowest BCUT2D eigenvalue weighted by Gasteiger charge is -2.28. The van der Waals surface area contributed by atoms with E-state index in [9.17, 15) is 14.7 Å². The van der Waals surface area contributed by atoms with Crippen LogP contribution in [0.3, 0.4) is 0 Å². The van der Waals surface area contributed by atoms with Crippen LogP contribution in [0.1, 0.15) is 35.7 Å². The largest absolute Gasteiger partial charge is 0.480 e. The molecule has 6 heteroatoms. The smallest absolute Gasteiger partial charge is 0.327 e. The number of carboxylic acid groups (broad SMARTS) is 1. The lowest BCUT2D eigenvalue weighted by Crippen LogP contribution is -2.45. The molecule has 1 aromatic rings. The summed E-state index contributed by atoms with van der Waals surface area (Å²) in [5, 5.41) is 9.32. The summed E-state index contributed by atoms with van der Waals surface area (Å²) in [5.74, 6) is -0.662. The number of aliphatic carboxylic acids is 1. The van der Waals surface area contributed by atoms with E-state index in [0.29, 0.717) is 11.3 Å². The Bertz CT molecular complexity index is 564. The van der Waals surface area contributed by atoms with Gasteiger partial charge in [0.25, 0.3) is 5.91 Å².